The monoisotopic (exact) mass is 273 g/mol. The molecule has 1 aromatic rings. The Kier molecular flexibility index (Phi) is 3.06. The summed E-state index contributed by atoms with van der Waals surface area (Å²) in [5.74, 6) is 3.76. The molecule has 0 aromatic carbocycles. The molecule has 2 saturated heterocycles. The zero-order valence-electron chi connectivity index (χ0n) is 12.2. The van der Waals surface area contributed by atoms with Gasteiger partial charge in [0.1, 0.15) is 5.82 Å². The van der Waals surface area contributed by atoms with Gasteiger partial charge in [-0.2, -0.15) is 4.98 Å². The smallest absolute Gasteiger partial charge is 0.214 e. The Morgan fingerprint density at radius 2 is 1.85 bits per heavy atom. The van der Waals surface area contributed by atoms with Crippen molar-refractivity contribution >= 4 is 5.82 Å². The van der Waals surface area contributed by atoms with Gasteiger partial charge in [-0.15, -0.1) is 0 Å². The van der Waals surface area contributed by atoms with E-state index >= 15 is 0 Å². The van der Waals surface area contributed by atoms with Crippen molar-refractivity contribution < 1.29 is 4.74 Å². The van der Waals surface area contributed by atoms with E-state index in [4.69, 9.17) is 4.74 Å². The Morgan fingerprint density at radius 3 is 2.55 bits per heavy atom. The van der Waals surface area contributed by atoms with Gasteiger partial charge >= 0.3 is 0 Å². The highest BCUT2D eigenvalue weighted by Gasteiger charge is 2.42. The van der Waals surface area contributed by atoms with E-state index < -0.39 is 0 Å². The fraction of sp³-hybridized carbons (Fsp3) is 0.688. The third-order valence-electron chi connectivity index (χ3n) is 5.38. The minimum Gasteiger partial charge on any atom is -0.481 e. The number of ether oxygens (including phenoxy) is 1. The van der Waals surface area contributed by atoms with E-state index in [1.165, 1.54) is 32.4 Å². The van der Waals surface area contributed by atoms with Crippen molar-refractivity contribution in [1.82, 2.24) is 9.88 Å². The molecule has 1 saturated carbocycles. The van der Waals surface area contributed by atoms with Crippen molar-refractivity contribution in [2.75, 3.05) is 38.2 Å². The highest BCUT2D eigenvalue weighted by molar-refractivity contribution is 5.44. The molecule has 0 spiro atoms. The molecule has 0 N–H and O–H groups in total. The molecule has 20 heavy (non-hydrogen) atoms. The average molecular weight is 273 g/mol. The summed E-state index contributed by atoms with van der Waals surface area (Å²) in [7, 11) is 1.67. The van der Waals surface area contributed by atoms with E-state index in [0.29, 0.717) is 5.88 Å². The Balaban J connectivity index is 1.35. The predicted molar refractivity (Wildman–Crippen MR) is 79.2 cm³/mol. The third-order valence-corrected chi connectivity index (χ3v) is 5.38. The largest absolute Gasteiger partial charge is 0.481 e. The number of nitrogens with zero attached hydrogens (tertiary/aromatic N) is 3. The summed E-state index contributed by atoms with van der Waals surface area (Å²) in [4.78, 5) is 9.61. The first-order valence-electron chi connectivity index (χ1n) is 7.83. The van der Waals surface area contributed by atoms with Gasteiger partial charge in [-0.1, -0.05) is 12.5 Å². The van der Waals surface area contributed by atoms with Gasteiger partial charge in [-0.3, -0.25) is 4.90 Å². The van der Waals surface area contributed by atoms with Gasteiger partial charge in [0.05, 0.1) is 7.11 Å². The number of methoxy groups -OCH3 is 1. The van der Waals surface area contributed by atoms with E-state index in [-0.39, 0.29) is 0 Å². The van der Waals surface area contributed by atoms with Gasteiger partial charge in [-0.25, -0.2) is 0 Å². The maximum atomic E-state index is 5.20. The van der Waals surface area contributed by atoms with Crippen molar-refractivity contribution in [3.05, 3.63) is 18.2 Å². The van der Waals surface area contributed by atoms with Crippen LogP contribution in [0.15, 0.2) is 18.2 Å². The van der Waals surface area contributed by atoms with Crippen LogP contribution in [0, 0.1) is 11.8 Å². The summed E-state index contributed by atoms with van der Waals surface area (Å²) in [6.45, 7) is 4.93. The summed E-state index contributed by atoms with van der Waals surface area (Å²) in [5.41, 5.74) is 0. The second-order valence-electron chi connectivity index (χ2n) is 6.50. The number of fused-ring (bicyclic) bond motifs is 1. The molecule has 108 valence electrons. The highest BCUT2D eigenvalue weighted by Crippen LogP contribution is 2.39. The molecule has 1 aliphatic carbocycles. The van der Waals surface area contributed by atoms with Gasteiger partial charge in [-0.05, 0) is 30.7 Å². The van der Waals surface area contributed by atoms with E-state index in [2.05, 4.69) is 20.9 Å². The van der Waals surface area contributed by atoms with Crippen LogP contribution in [0.3, 0.4) is 0 Å². The Morgan fingerprint density at radius 1 is 1.10 bits per heavy atom. The first-order chi connectivity index (χ1) is 9.83. The summed E-state index contributed by atoms with van der Waals surface area (Å²) in [6.07, 6.45) is 4.40. The van der Waals surface area contributed by atoms with Crippen LogP contribution in [-0.4, -0.2) is 49.2 Å². The number of rotatable bonds is 3. The summed E-state index contributed by atoms with van der Waals surface area (Å²) >= 11 is 0. The highest BCUT2D eigenvalue weighted by atomic mass is 16.5. The zero-order valence-corrected chi connectivity index (χ0v) is 12.2. The second kappa shape index (κ2) is 4.92. The quantitative estimate of drug-likeness (QED) is 0.842. The molecule has 4 heteroatoms. The molecule has 4 nitrogen and oxygen atoms in total. The third kappa shape index (κ3) is 2.06. The number of anilines is 1. The molecule has 0 amide bonds. The van der Waals surface area contributed by atoms with E-state index in [0.717, 1.165) is 36.8 Å². The first-order valence-corrected chi connectivity index (χ1v) is 7.83. The number of likely N-dealkylation sites (tertiary alicyclic amines) is 1. The van der Waals surface area contributed by atoms with Crippen molar-refractivity contribution in [1.29, 1.82) is 0 Å². The van der Waals surface area contributed by atoms with Crippen LogP contribution in [0.1, 0.15) is 19.3 Å². The minimum atomic E-state index is 0.710. The molecule has 0 radical (unpaired) electrons. The Labute approximate surface area is 120 Å². The van der Waals surface area contributed by atoms with E-state index in [1.54, 1.807) is 7.11 Å². The molecule has 2 aliphatic heterocycles. The predicted octanol–water partition coefficient (Wildman–Crippen LogP) is 2.01. The van der Waals surface area contributed by atoms with Crippen molar-refractivity contribution in [2.24, 2.45) is 11.8 Å². The van der Waals surface area contributed by atoms with Gasteiger partial charge in [0.2, 0.25) is 5.88 Å². The lowest BCUT2D eigenvalue weighted by atomic mass is 10.0. The molecule has 3 fully saturated rings. The molecule has 0 bridgehead atoms. The zero-order chi connectivity index (χ0) is 13.5. The van der Waals surface area contributed by atoms with Gasteiger partial charge in [0.15, 0.2) is 0 Å². The molecule has 4 rings (SSSR count). The van der Waals surface area contributed by atoms with Crippen LogP contribution in [-0.2, 0) is 0 Å². The first kappa shape index (κ1) is 12.5. The number of hydrogen-bond donors (Lipinski definition) is 0. The fourth-order valence-corrected chi connectivity index (χ4v) is 4.14. The molecule has 1 aromatic heterocycles. The normalized spacial score (nSPS) is 30.4. The number of hydrogen-bond acceptors (Lipinski definition) is 4. The molecule has 2 unspecified atom stereocenters. The van der Waals surface area contributed by atoms with Crippen LogP contribution >= 0.6 is 0 Å². The van der Waals surface area contributed by atoms with Crippen molar-refractivity contribution in [3.8, 4) is 5.88 Å². The molecular formula is C16H23N3O. The van der Waals surface area contributed by atoms with E-state index in [9.17, 15) is 0 Å². The molecule has 3 heterocycles. The molecule has 2 atom stereocenters. The lowest BCUT2D eigenvalue weighted by molar-refractivity contribution is 0.189. The lowest BCUT2D eigenvalue weighted by Gasteiger charge is -2.45. The SMILES string of the molecule is COc1cccc(N2CC(N3CC4CCCC4C3)C2)n1. The lowest BCUT2D eigenvalue weighted by Crippen LogP contribution is -2.59. The summed E-state index contributed by atoms with van der Waals surface area (Å²) < 4.78 is 5.20. The maximum absolute atomic E-state index is 5.20. The van der Waals surface area contributed by atoms with Crippen LogP contribution in [0.25, 0.3) is 0 Å². The standard InChI is InChI=1S/C16H23N3O/c1-20-16-7-3-6-15(17-16)19-10-14(11-19)18-8-12-4-2-5-13(12)9-18/h3,6-7,12-14H,2,4-5,8-11H2,1H3. The van der Waals surface area contributed by atoms with E-state index in [1.807, 2.05) is 12.1 Å². The second-order valence-corrected chi connectivity index (χ2v) is 6.50. The summed E-state index contributed by atoms with van der Waals surface area (Å²) in [5, 5.41) is 0. The topological polar surface area (TPSA) is 28.6 Å². The summed E-state index contributed by atoms with van der Waals surface area (Å²) in [6, 6.07) is 6.75. The average Bonchev–Trinajstić information content (AvgIpc) is 2.98. The maximum Gasteiger partial charge on any atom is 0.214 e. The van der Waals surface area contributed by atoms with Crippen LogP contribution in [0.5, 0.6) is 5.88 Å². The van der Waals surface area contributed by atoms with Gasteiger partial charge in [0.25, 0.3) is 0 Å². The van der Waals surface area contributed by atoms with Crippen LogP contribution in [0.4, 0.5) is 5.82 Å². The number of pyridine rings is 1. The Bertz CT molecular complexity index is 474. The van der Waals surface area contributed by atoms with Crippen molar-refractivity contribution in [2.45, 2.75) is 25.3 Å². The van der Waals surface area contributed by atoms with Crippen molar-refractivity contribution in [3.63, 3.8) is 0 Å². The Hall–Kier alpha value is -1.29. The van der Waals surface area contributed by atoms with Gasteiger partial charge < -0.3 is 9.64 Å². The van der Waals surface area contributed by atoms with Gasteiger partial charge in [0, 0.05) is 38.3 Å². The molecule has 3 aliphatic rings. The molecular weight excluding hydrogens is 250 g/mol. The fourth-order valence-electron chi connectivity index (χ4n) is 4.14. The minimum absolute atomic E-state index is 0.710. The van der Waals surface area contributed by atoms with Crippen LogP contribution in [0.2, 0.25) is 0 Å². The van der Waals surface area contributed by atoms with Crippen LogP contribution < -0.4 is 9.64 Å². The number of aromatic nitrogens is 1.